The predicted molar refractivity (Wildman–Crippen MR) is 146 cm³/mol. The number of nitrogens with one attached hydrogen (secondary N) is 1. The van der Waals surface area contributed by atoms with Crippen LogP contribution in [0.5, 0.6) is 0 Å². The lowest BCUT2D eigenvalue weighted by Crippen LogP contribution is -2.46. The molecule has 0 radical (unpaired) electrons. The number of nitrogens with two attached hydrogens (primary N) is 1. The van der Waals surface area contributed by atoms with Crippen LogP contribution in [0.15, 0.2) is 88.8 Å². The zero-order chi connectivity index (χ0) is 27.9. The maximum absolute atomic E-state index is 13.9. The second kappa shape index (κ2) is 10.0. The Morgan fingerprint density at radius 1 is 0.923 bits per heavy atom. The molecule has 202 valence electrons. The van der Waals surface area contributed by atoms with Crippen molar-refractivity contribution >= 4 is 48.5 Å². The molecule has 1 unspecified atom stereocenters. The summed E-state index contributed by atoms with van der Waals surface area (Å²) in [6, 6.07) is 17.6. The maximum Gasteiger partial charge on any atom is 0.252 e. The minimum absolute atomic E-state index is 0.0169. The molecule has 0 bridgehead atoms. The number of sulfonamides is 2. The van der Waals surface area contributed by atoms with Gasteiger partial charge in [-0.3, -0.25) is 9.59 Å². The standard InChI is InChI=1S/C27H26N4O6S2/c1-18-6-10-22(11-7-18)39(36,37)30(15-14-19-17-29-24-5-3-2-4-23(19)24)25-16-26(32)31(27(25)33)20-8-12-21(13-9-20)38(28,34)35/h2-13,17,25,29H,14-16H2,1H3,(H2,28,34,35). The van der Waals surface area contributed by atoms with E-state index in [4.69, 9.17) is 5.14 Å². The van der Waals surface area contributed by atoms with Crippen LogP contribution in [0.1, 0.15) is 17.5 Å². The molecule has 0 spiro atoms. The quantitative estimate of drug-likeness (QED) is 0.313. The van der Waals surface area contributed by atoms with Gasteiger partial charge in [0.15, 0.2) is 0 Å². The molecule has 10 nitrogen and oxygen atoms in total. The Kier molecular flexibility index (Phi) is 6.89. The van der Waals surface area contributed by atoms with Gasteiger partial charge in [0.05, 0.1) is 21.9 Å². The Labute approximate surface area is 226 Å². The van der Waals surface area contributed by atoms with E-state index in [1.54, 1.807) is 12.1 Å². The number of carbonyl (C=O) groups excluding carboxylic acids is 2. The van der Waals surface area contributed by atoms with E-state index in [1.165, 1.54) is 36.4 Å². The number of nitrogens with zero attached hydrogens (tertiary/aromatic N) is 2. The summed E-state index contributed by atoms with van der Waals surface area (Å²) in [4.78, 5) is 30.5. The minimum Gasteiger partial charge on any atom is -0.361 e. The van der Waals surface area contributed by atoms with Crippen molar-refractivity contribution in [2.24, 2.45) is 5.14 Å². The molecule has 2 amide bonds. The van der Waals surface area contributed by atoms with Crippen LogP contribution in [0.4, 0.5) is 5.69 Å². The van der Waals surface area contributed by atoms with E-state index < -0.39 is 37.9 Å². The zero-order valence-electron chi connectivity index (χ0n) is 20.9. The lowest BCUT2D eigenvalue weighted by Gasteiger charge is -2.27. The number of benzene rings is 3. The van der Waals surface area contributed by atoms with Crippen molar-refractivity contribution in [2.45, 2.75) is 35.6 Å². The molecule has 39 heavy (non-hydrogen) atoms. The summed E-state index contributed by atoms with van der Waals surface area (Å²) < 4.78 is 52.0. The normalized spacial score (nSPS) is 16.5. The van der Waals surface area contributed by atoms with Gasteiger partial charge in [-0.25, -0.2) is 26.9 Å². The lowest BCUT2D eigenvalue weighted by atomic mass is 10.1. The fraction of sp³-hybridized carbons (Fsp3) is 0.185. The molecule has 1 aliphatic heterocycles. The van der Waals surface area contributed by atoms with E-state index in [0.717, 1.165) is 31.2 Å². The third-order valence-electron chi connectivity index (χ3n) is 6.80. The first-order chi connectivity index (χ1) is 18.5. The van der Waals surface area contributed by atoms with Crippen molar-refractivity contribution in [3.63, 3.8) is 0 Å². The molecule has 1 saturated heterocycles. The van der Waals surface area contributed by atoms with Gasteiger partial charge < -0.3 is 4.98 Å². The number of primary sulfonamides is 1. The number of hydrogen-bond donors (Lipinski definition) is 2. The second-order valence-corrected chi connectivity index (χ2v) is 12.8. The molecule has 0 aliphatic carbocycles. The van der Waals surface area contributed by atoms with Gasteiger partial charge in [0.25, 0.3) is 5.91 Å². The number of H-pyrrole nitrogens is 1. The number of fused-ring (bicyclic) bond motifs is 1. The number of para-hydroxylation sites is 1. The van der Waals surface area contributed by atoms with Crippen molar-refractivity contribution in [1.29, 1.82) is 0 Å². The Hall–Kier alpha value is -3.84. The number of carbonyl (C=O) groups is 2. The fourth-order valence-corrected chi connectivity index (χ4v) is 6.85. The van der Waals surface area contributed by atoms with E-state index in [2.05, 4.69) is 4.98 Å². The van der Waals surface area contributed by atoms with Crippen LogP contribution in [0.25, 0.3) is 10.9 Å². The highest BCUT2D eigenvalue weighted by Crippen LogP contribution is 2.31. The molecule has 1 aromatic heterocycles. The summed E-state index contributed by atoms with van der Waals surface area (Å²) in [6.07, 6.45) is 1.76. The predicted octanol–water partition coefficient (Wildman–Crippen LogP) is 2.69. The molecule has 12 heteroatoms. The summed E-state index contributed by atoms with van der Waals surface area (Å²) in [5.74, 6) is -1.30. The molecule has 0 saturated carbocycles. The number of aromatic amines is 1. The van der Waals surface area contributed by atoms with Gasteiger partial charge in [0, 0.05) is 23.6 Å². The minimum atomic E-state index is -4.17. The molecule has 1 aliphatic rings. The largest absolute Gasteiger partial charge is 0.361 e. The smallest absolute Gasteiger partial charge is 0.252 e. The van der Waals surface area contributed by atoms with Gasteiger partial charge in [-0.05, 0) is 61.4 Å². The van der Waals surface area contributed by atoms with Crippen LogP contribution in [0.3, 0.4) is 0 Å². The highest BCUT2D eigenvalue weighted by Gasteiger charge is 2.46. The number of anilines is 1. The third kappa shape index (κ3) is 5.11. The first-order valence-corrected chi connectivity index (χ1v) is 15.1. The number of aromatic nitrogens is 1. The number of aryl methyl sites for hydroxylation is 1. The molecule has 2 heterocycles. The Balaban J connectivity index is 1.50. The summed E-state index contributed by atoms with van der Waals surface area (Å²) in [7, 11) is -8.14. The molecule has 4 aromatic rings. The van der Waals surface area contributed by atoms with Crippen LogP contribution in [0.2, 0.25) is 0 Å². The summed E-state index contributed by atoms with van der Waals surface area (Å²) >= 11 is 0. The van der Waals surface area contributed by atoms with E-state index >= 15 is 0 Å². The van der Waals surface area contributed by atoms with Crippen molar-refractivity contribution in [3.8, 4) is 0 Å². The number of amides is 2. The number of hydrogen-bond acceptors (Lipinski definition) is 6. The highest BCUT2D eigenvalue weighted by atomic mass is 32.2. The summed E-state index contributed by atoms with van der Waals surface area (Å²) in [5, 5.41) is 6.09. The van der Waals surface area contributed by atoms with Crippen molar-refractivity contribution < 1.29 is 26.4 Å². The van der Waals surface area contributed by atoms with E-state index in [-0.39, 0.29) is 28.4 Å². The van der Waals surface area contributed by atoms with Gasteiger partial charge in [-0.2, -0.15) is 4.31 Å². The molecule has 1 fully saturated rings. The van der Waals surface area contributed by atoms with Crippen LogP contribution >= 0.6 is 0 Å². The van der Waals surface area contributed by atoms with Gasteiger partial charge in [0.1, 0.15) is 6.04 Å². The molecular weight excluding hydrogens is 540 g/mol. The number of imide groups is 1. The average Bonchev–Trinajstić information content (AvgIpc) is 3.44. The van der Waals surface area contributed by atoms with Crippen molar-refractivity contribution in [1.82, 2.24) is 9.29 Å². The first kappa shape index (κ1) is 26.8. The van der Waals surface area contributed by atoms with Gasteiger partial charge in [-0.15, -0.1) is 0 Å². The molecule has 3 N–H and O–H groups in total. The second-order valence-electron chi connectivity index (χ2n) is 9.36. The summed E-state index contributed by atoms with van der Waals surface area (Å²) in [6.45, 7) is 1.79. The van der Waals surface area contributed by atoms with Gasteiger partial charge in [0.2, 0.25) is 26.0 Å². The SMILES string of the molecule is Cc1ccc(S(=O)(=O)N(CCc2c[nH]c3ccccc23)C2CC(=O)N(c3ccc(S(N)(=O)=O)cc3)C2=O)cc1. The summed E-state index contributed by atoms with van der Waals surface area (Å²) in [5.41, 5.74) is 2.79. The lowest BCUT2D eigenvalue weighted by molar-refractivity contribution is -0.122. The van der Waals surface area contributed by atoms with Crippen molar-refractivity contribution in [3.05, 3.63) is 90.1 Å². The van der Waals surface area contributed by atoms with Gasteiger partial charge in [-0.1, -0.05) is 35.9 Å². The van der Waals surface area contributed by atoms with Crippen LogP contribution in [0, 0.1) is 6.92 Å². The van der Waals surface area contributed by atoms with Gasteiger partial charge >= 0.3 is 0 Å². The first-order valence-electron chi connectivity index (χ1n) is 12.1. The van der Waals surface area contributed by atoms with E-state index in [9.17, 15) is 26.4 Å². The van der Waals surface area contributed by atoms with E-state index in [1.807, 2.05) is 37.4 Å². The topological polar surface area (TPSA) is 151 Å². The Morgan fingerprint density at radius 2 is 1.56 bits per heavy atom. The molecule has 5 rings (SSSR count). The Bertz CT molecular complexity index is 1780. The van der Waals surface area contributed by atoms with Crippen LogP contribution in [-0.4, -0.2) is 50.5 Å². The molecular formula is C27H26N4O6S2. The highest BCUT2D eigenvalue weighted by molar-refractivity contribution is 7.89. The number of rotatable bonds is 8. The third-order valence-corrected chi connectivity index (χ3v) is 9.65. The fourth-order valence-electron chi connectivity index (χ4n) is 4.76. The average molecular weight is 567 g/mol. The Morgan fingerprint density at radius 3 is 2.23 bits per heavy atom. The van der Waals surface area contributed by atoms with Crippen LogP contribution < -0.4 is 10.0 Å². The molecule has 3 aromatic carbocycles. The zero-order valence-corrected chi connectivity index (χ0v) is 22.6. The van der Waals surface area contributed by atoms with Crippen molar-refractivity contribution in [2.75, 3.05) is 11.4 Å². The monoisotopic (exact) mass is 566 g/mol. The maximum atomic E-state index is 13.9. The van der Waals surface area contributed by atoms with E-state index in [0.29, 0.717) is 6.42 Å². The van der Waals surface area contributed by atoms with Crippen LogP contribution in [-0.2, 0) is 36.1 Å². The molecule has 1 atom stereocenters.